The summed E-state index contributed by atoms with van der Waals surface area (Å²) < 4.78 is 4.47. The number of para-hydroxylation sites is 1. The molecule has 0 radical (unpaired) electrons. The van der Waals surface area contributed by atoms with Crippen LogP contribution in [0, 0.1) is 0 Å². The van der Waals surface area contributed by atoms with Crippen LogP contribution in [0.4, 0.5) is 0 Å². The lowest BCUT2D eigenvalue weighted by molar-refractivity contribution is -0.127. The van der Waals surface area contributed by atoms with E-state index in [2.05, 4.69) is 47.0 Å². The van der Waals surface area contributed by atoms with Gasteiger partial charge in [-0.05, 0) is 73.9 Å². The Morgan fingerprint density at radius 2 is 1.45 bits per heavy atom. The summed E-state index contributed by atoms with van der Waals surface area (Å²) in [5, 5.41) is 0.582. The summed E-state index contributed by atoms with van der Waals surface area (Å²) in [6, 6.07) is 39.7. The van der Waals surface area contributed by atoms with Gasteiger partial charge in [-0.1, -0.05) is 114 Å². The molecule has 1 aliphatic heterocycles. The van der Waals surface area contributed by atoms with Crippen LogP contribution in [0.5, 0.6) is 0 Å². The van der Waals surface area contributed by atoms with Crippen LogP contribution < -0.4 is 14.9 Å². The number of hydrogen-bond donors (Lipinski definition) is 0. The van der Waals surface area contributed by atoms with Crippen molar-refractivity contribution < 1.29 is 4.79 Å². The molecule has 49 heavy (non-hydrogen) atoms. The van der Waals surface area contributed by atoms with Gasteiger partial charge in [-0.2, -0.15) is 0 Å². The molecule has 1 amide bonds. The summed E-state index contributed by atoms with van der Waals surface area (Å²) in [6.45, 7) is 6.87. The normalized spacial score (nSPS) is 14.4. The minimum Gasteiger partial charge on any atom is -0.339 e. The van der Waals surface area contributed by atoms with Crippen LogP contribution in [0.1, 0.15) is 37.9 Å². The Bertz CT molecular complexity index is 2350. The topological polar surface area (TPSA) is 59.6 Å². The highest BCUT2D eigenvalue weighted by atomic mass is 35.5. The predicted octanol–water partition coefficient (Wildman–Crippen LogP) is 7.88. The van der Waals surface area contributed by atoms with E-state index in [1.165, 1.54) is 11.3 Å². The molecule has 244 valence electrons. The molecule has 6 aromatic rings. The van der Waals surface area contributed by atoms with Gasteiger partial charge in [-0.25, -0.2) is 4.99 Å². The largest absolute Gasteiger partial charge is 0.339 e. The summed E-state index contributed by atoms with van der Waals surface area (Å²) >= 11 is 7.63. The van der Waals surface area contributed by atoms with Gasteiger partial charge in [0.15, 0.2) is 4.80 Å². The van der Waals surface area contributed by atoms with E-state index in [1.807, 2.05) is 93.6 Å². The molecule has 0 aliphatic carbocycles. The molecule has 6 nitrogen and oxygen atoms in total. The Morgan fingerprint density at radius 1 is 0.857 bits per heavy atom. The quantitative estimate of drug-likeness (QED) is 0.164. The van der Waals surface area contributed by atoms with Crippen LogP contribution in [0.3, 0.4) is 0 Å². The zero-order valence-corrected chi connectivity index (χ0v) is 29.1. The van der Waals surface area contributed by atoms with E-state index in [-0.39, 0.29) is 11.5 Å². The lowest BCUT2D eigenvalue weighted by Gasteiger charge is -2.29. The summed E-state index contributed by atoms with van der Waals surface area (Å²) in [5.41, 5.74) is 7.68. The van der Waals surface area contributed by atoms with Crippen LogP contribution in [-0.4, -0.2) is 33.0 Å². The maximum Gasteiger partial charge on any atom is 0.271 e. The van der Waals surface area contributed by atoms with Gasteiger partial charge >= 0.3 is 0 Å². The fourth-order valence-corrected chi connectivity index (χ4v) is 7.74. The van der Waals surface area contributed by atoms with Crippen molar-refractivity contribution in [2.24, 2.45) is 4.99 Å². The monoisotopic (exact) mass is 682 g/mol. The summed E-state index contributed by atoms with van der Waals surface area (Å²) in [5.74, 6) is -0.126. The number of nitrogens with zero attached hydrogens (tertiary/aromatic N) is 4. The van der Waals surface area contributed by atoms with Crippen LogP contribution in [0.25, 0.3) is 34.3 Å². The van der Waals surface area contributed by atoms with E-state index >= 15 is 0 Å². The van der Waals surface area contributed by atoms with Gasteiger partial charge in [0.25, 0.3) is 11.5 Å². The first-order chi connectivity index (χ1) is 23.9. The van der Waals surface area contributed by atoms with Crippen molar-refractivity contribution in [3.8, 4) is 28.2 Å². The first kappa shape index (κ1) is 32.3. The number of halogens is 1. The average Bonchev–Trinajstić information content (AvgIpc) is 3.66. The fraction of sp³-hybridized carbons (Fsp3) is 0.146. The van der Waals surface area contributed by atoms with Gasteiger partial charge in [-0.3, -0.25) is 14.2 Å². The molecule has 0 fully saturated rings. The number of fused-ring (bicyclic) bond motifs is 1. The second-order valence-corrected chi connectivity index (χ2v) is 13.3. The van der Waals surface area contributed by atoms with Crippen molar-refractivity contribution in [2.45, 2.75) is 26.8 Å². The number of carbonyl (C=O) groups is 1. The third-order valence-electron chi connectivity index (χ3n) is 8.94. The summed E-state index contributed by atoms with van der Waals surface area (Å²) in [4.78, 5) is 35.8. The van der Waals surface area contributed by atoms with E-state index in [9.17, 15) is 9.59 Å². The van der Waals surface area contributed by atoms with Crippen molar-refractivity contribution in [1.29, 1.82) is 0 Å². The molecular weight excluding hydrogens is 648 g/mol. The van der Waals surface area contributed by atoms with Crippen LogP contribution in [0.15, 0.2) is 142 Å². The Kier molecular flexibility index (Phi) is 9.04. The summed E-state index contributed by atoms with van der Waals surface area (Å²) in [7, 11) is 0. The molecule has 3 heterocycles. The van der Waals surface area contributed by atoms with E-state index in [1.54, 1.807) is 21.6 Å². The maximum atomic E-state index is 14.6. The van der Waals surface area contributed by atoms with E-state index in [0.29, 0.717) is 38.7 Å². The number of thiazole rings is 1. The minimum absolute atomic E-state index is 0.126. The van der Waals surface area contributed by atoms with Gasteiger partial charge < -0.3 is 9.47 Å². The number of likely N-dealkylation sites (N-methyl/N-ethyl adjacent to an activating group) is 1. The molecule has 2 aromatic heterocycles. The number of carbonyl (C=O) groups excluding carboxylic acids is 1. The van der Waals surface area contributed by atoms with Crippen molar-refractivity contribution in [2.75, 3.05) is 13.1 Å². The van der Waals surface area contributed by atoms with Crippen LogP contribution >= 0.6 is 22.9 Å². The smallest absolute Gasteiger partial charge is 0.271 e. The number of allylic oxidation sites excluding steroid dienone is 1. The van der Waals surface area contributed by atoms with Gasteiger partial charge in [0.05, 0.1) is 33.2 Å². The molecule has 0 saturated heterocycles. The van der Waals surface area contributed by atoms with Crippen LogP contribution in [0.2, 0.25) is 5.02 Å². The fourth-order valence-electron chi connectivity index (χ4n) is 6.58. The zero-order chi connectivity index (χ0) is 34.1. The molecular formula is C41H35ClN4O2S. The highest BCUT2D eigenvalue weighted by molar-refractivity contribution is 7.07. The number of aromatic nitrogens is 2. The first-order valence-electron chi connectivity index (χ1n) is 16.4. The SMILES string of the molecule is CCN(CC)C(=O)C1=C(C)N=c2s/c(=C/c3cc(-c4ccccc4)n(-c4ccccc4)c3-c3ccccc3)c(=O)n2[C@H]1c1ccc(Cl)cc1. The number of rotatable bonds is 8. The van der Waals surface area contributed by atoms with Crippen molar-refractivity contribution in [1.82, 2.24) is 14.0 Å². The second-order valence-electron chi connectivity index (χ2n) is 11.8. The molecule has 8 heteroatoms. The van der Waals surface area contributed by atoms with Crippen molar-refractivity contribution >= 4 is 34.9 Å². The average molecular weight is 683 g/mol. The third kappa shape index (κ3) is 6.01. The van der Waals surface area contributed by atoms with E-state index in [4.69, 9.17) is 16.6 Å². The number of hydrogen-bond acceptors (Lipinski definition) is 4. The van der Waals surface area contributed by atoms with Gasteiger partial charge in [0, 0.05) is 29.4 Å². The van der Waals surface area contributed by atoms with Gasteiger partial charge in [0.1, 0.15) is 0 Å². The van der Waals surface area contributed by atoms with Gasteiger partial charge in [0.2, 0.25) is 0 Å². The standard InChI is InChI=1S/C41H35ClN4O2S/c1-4-44(5-2)40(48)36-27(3)43-41-46(38(36)30-21-23-32(42)24-22-30)39(47)35(49-41)26-31-25-34(28-15-9-6-10-16-28)45(33-19-13-8-14-20-33)37(31)29-17-11-7-12-18-29/h6-26,38H,4-5H2,1-3H3/b35-26+/t38-/m0/s1. The van der Waals surface area contributed by atoms with Crippen LogP contribution in [-0.2, 0) is 4.79 Å². The second kappa shape index (κ2) is 13.7. The molecule has 7 rings (SSSR count). The Hall–Kier alpha value is -5.24. The third-order valence-corrected chi connectivity index (χ3v) is 10.2. The lowest BCUT2D eigenvalue weighted by Crippen LogP contribution is -2.43. The number of amides is 1. The molecule has 0 N–H and O–H groups in total. The maximum absolute atomic E-state index is 14.6. The van der Waals surface area contributed by atoms with Gasteiger partial charge in [-0.15, -0.1) is 0 Å². The summed E-state index contributed by atoms with van der Waals surface area (Å²) in [6.07, 6.45) is 1.97. The molecule has 0 spiro atoms. The number of benzene rings is 4. The van der Waals surface area contributed by atoms with E-state index in [0.717, 1.165) is 39.3 Å². The van der Waals surface area contributed by atoms with Crippen molar-refractivity contribution in [3.05, 3.63) is 168 Å². The predicted molar refractivity (Wildman–Crippen MR) is 200 cm³/mol. The minimum atomic E-state index is -0.647. The molecule has 4 aromatic carbocycles. The lowest BCUT2D eigenvalue weighted by atomic mass is 9.94. The Balaban J connectivity index is 1.50. The Morgan fingerprint density at radius 3 is 2.06 bits per heavy atom. The molecule has 0 unspecified atom stereocenters. The zero-order valence-electron chi connectivity index (χ0n) is 27.5. The highest BCUT2D eigenvalue weighted by Crippen LogP contribution is 2.37. The molecule has 0 bridgehead atoms. The van der Waals surface area contributed by atoms with E-state index < -0.39 is 6.04 Å². The first-order valence-corrected chi connectivity index (χ1v) is 17.6. The highest BCUT2D eigenvalue weighted by Gasteiger charge is 2.34. The molecule has 1 aliphatic rings. The molecule has 0 saturated carbocycles. The van der Waals surface area contributed by atoms with Crippen molar-refractivity contribution in [3.63, 3.8) is 0 Å². The Labute approximate surface area is 294 Å². The molecule has 1 atom stereocenters.